The standard InChI is InChI=1S/C10H20N2O/c1-3-10(13)12(4-2)9-6-5-7-11-8-9/h9,11H,3-8H2,1-2H3. The Morgan fingerprint density at radius 1 is 1.54 bits per heavy atom. The predicted molar refractivity (Wildman–Crippen MR) is 53.6 cm³/mol. The molecule has 1 unspecified atom stereocenters. The van der Waals surface area contributed by atoms with Crippen molar-refractivity contribution < 1.29 is 4.79 Å². The van der Waals surface area contributed by atoms with Crippen molar-refractivity contribution in [2.45, 2.75) is 39.2 Å². The number of carbonyl (C=O) groups excluding carboxylic acids is 1. The van der Waals surface area contributed by atoms with Crippen molar-refractivity contribution in [3.63, 3.8) is 0 Å². The van der Waals surface area contributed by atoms with Gasteiger partial charge in [-0.05, 0) is 26.3 Å². The number of hydrogen-bond acceptors (Lipinski definition) is 2. The lowest BCUT2D eigenvalue weighted by molar-refractivity contribution is -0.133. The lowest BCUT2D eigenvalue weighted by Crippen LogP contribution is -2.48. The predicted octanol–water partition coefficient (Wildman–Crippen LogP) is 0.997. The number of nitrogens with one attached hydrogen (secondary N) is 1. The Bertz CT molecular complexity index is 164. The minimum absolute atomic E-state index is 0.288. The Labute approximate surface area is 80.5 Å². The molecule has 0 radical (unpaired) electrons. The van der Waals surface area contributed by atoms with Gasteiger partial charge < -0.3 is 10.2 Å². The van der Waals surface area contributed by atoms with Crippen LogP contribution in [0.25, 0.3) is 0 Å². The summed E-state index contributed by atoms with van der Waals surface area (Å²) in [6.07, 6.45) is 2.98. The van der Waals surface area contributed by atoms with Gasteiger partial charge in [-0.2, -0.15) is 0 Å². The zero-order valence-corrected chi connectivity index (χ0v) is 8.68. The van der Waals surface area contributed by atoms with Crippen LogP contribution in [0.4, 0.5) is 0 Å². The SMILES string of the molecule is CCC(=O)N(CC)C1CCCNC1. The van der Waals surface area contributed by atoms with E-state index in [0.29, 0.717) is 12.5 Å². The van der Waals surface area contributed by atoms with E-state index in [-0.39, 0.29) is 5.91 Å². The van der Waals surface area contributed by atoms with E-state index >= 15 is 0 Å². The van der Waals surface area contributed by atoms with Gasteiger partial charge >= 0.3 is 0 Å². The molecule has 0 bridgehead atoms. The summed E-state index contributed by atoms with van der Waals surface area (Å²) in [4.78, 5) is 13.5. The van der Waals surface area contributed by atoms with E-state index in [1.165, 1.54) is 6.42 Å². The second kappa shape index (κ2) is 5.22. The fourth-order valence-corrected chi connectivity index (χ4v) is 1.94. The van der Waals surface area contributed by atoms with Crippen LogP contribution in [0.1, 0.15) is 33.1 Å². The molecule has 0 aromatic heterocycles. The summed E-state index contributed by atoms with van der Waals surface area (Å²) in [5, 5.41) is 3.33. The van der Waals surface area contributed by atoms with Crippen molar-refractivity contribution in [3.05, 3.63) is 0 Å². The van der Waals surface area contributed by atoms with E-state index < -0.39 is 0 Å². The number of likely N-dealkylation sites (N-methyl/N-ethyl adjacent to an activating group) is 1. The summed E-state index contributed by atoms with van der Waals surface area (Å²) in [5.74, 6) is 0.288. The third-order valence-electron chi connectivity index (χ3n) is 2.68. The Morgan fingerprint density at radius 3 is 2.77 bits per heavy atom. The van der Waals surface area contributed by atoms with Gasteiger partial charge in [0, 0.05) is 25.6 Å². The van der Waals surface area contributed by atoms with Gasteiger partial charge in [0.2, 0.25) is 5.91 Å². The highest BCUT2D eigenvalue weighted by Crippen LogP contribution is 2.11. The van der Waals surface area contributed by atoms with Gasteiger partial charge in [0.15, 0.2) is 0 Å². The summed E-state index contributed by atoms with van der Waals surface area (Å²) < 4.78 is 0. The molecular weight excluding hydrogens is 164 g/mol. The van der Waals surface area contributed by atoms with Crippen LogP contribution < -0.4 is 5.32 Å². The van der Waals surface area contributed by atoms with E-state index in [4.69, 9.17) is 0 Å². The highest BCUT2D eigenvalue weighted by Gasteiger charge is 2.22. The van der Waals surface area contributed by atoms with Crippen LogP contribution in [-0.2, 0) is 4.79 Å². The molecule has 1 atom stereocenters. The molecule has 0 aliphatic carbocycles. The van der Waals surface area contributed by atoms with Crippen molar-refractivity contribution in [1.82, 2.24) is 10.2 Å². The van der Waals surface area contributed by atoms with Crippen LogP contribution in [0.2, 0.25) is 0 Å². The van der Waals surface area contributed by atoms with Crippen molar-refractivity contribution in [1.29, 1.82) is 0 Å². The molecule has 0 aromatic carbocycles. The third-order valence-corrected chi connectivity index (χ3v) is 2.68. The summed E-state index contributed by atoms with van der Waals surface area (Å²) in [5.41, 5.74) is 0. The zero-order chi connectivity index (χ0) is 9.68. The number of amides is 1. The normalized spacial score (nSPS) is 22.8. The first-order valence-corrected chi connectivity index (χ1v) is 5.29. The molecule has 0 spiro atoms. The van der Waals surface area contributed by atoms with Gasteiger partial charge in [-0.1, -0.05) is 6.92 Å². The Hall–Kier alpha value is -0.570. The van der Waals surface area contributed by atoms with Gasteiger partial charge in [-0.25, -0.2) is 0 Å². The van der Waals surface area contributed by atoms with E-state index in [0.717, 1.165) is 26.1 Å². The second-order valence-electron chi connectivity index (χ2n) is 3.53. The van der Waals surface area contributed by atoms with Crippen molar-refractivity contribution in [3.8, 4) is 0 Å². The smallest absolute Gasteiger partial charge is 0.222 e. The quantitative estimate of drug-likeness (QED) is 0.709. The molecule has 1 fully saturated rings. The first-order chi connectivity index (χ1) is 6.29. The zero-order valence-electron chi connectivity index (χ0n) is 8.68. The maximum Gasteiger partial charge on any atom is 0.222 e. The summed E-state index contributed by atoms with van der Waals surface area (Å²) in [6.45, 7) is 6.91. The van der Waals surface area contributed by atoms with Gasteiger partial charge in [-0.15, -0.1) is 0 Å². The molecular formula is C10H20N2O. The van der Waals surface area contributed by atoms with Gasteiger partial charge in [-0.3, -0.25) is 4.79 Å². The van der Waals surface area contributed by atoms with Crippen LogP contribution in [-0.4, -0.2) is 36.5 Å². The van der Waals surface area contributed by atoms with Crippen LogP contribution in [0.3, 0.4) is 0 Å². The molecule has 1 heterocycles. The number of carbonyl (C=O) groups is 1. The fourth-order valence-electron chi connectivity index (χ4n) is 1.94. The van der Waals surface area contributed by atoms with Crippen LogP contribution in [0.5, 0.6) is 0 Å². The van der Waals surface area contributed by atoms with E-state index in [2.05, 4.69) is 12.2 Å². The van der Waals surface area contributed by atoms with Crippen LogP contribution in [0, 0.1) is 0 Å². The molecule has 0 saturated carbocycles. The largest absolute Gasteiger partial charge is 0.339 e. The molecule has 3 nitrogen and oxygen atoms in total. The second-order valence-corrected chi connectivity index (χ2v) is 3.53. The molecule has 3 heteroatoms. The van der Waals surface area contributed by atoms with E-state index in [1.54, 1.807) is 0 Å². The molecule has 1 aliphatic heterocycles. The lowest BCUT2D eigenvalue weighted by atomic mass is 10.1. The van der Waals surface area contributed by atoms with Gasteiger partial charge in [0.05, 0.1) is 0 Å². The molecule has 1 rings (SSSR count). The fraction of sp³-hybridized carbons (Fsp3) is 0.900. The Morgan fingerprint density at radius 2 is 2.31 bits per heavy atom. The first-order valence-electron chi connectivity index (χ1n) is 5.29. The van der Waals surface area contributed by atoms with Crippen molar-refractivity contribution in [2.75, 3.05) is 19.6 Å². The molecule has 1 aliphatic rings. The monoisotopic (exact) mass is 184 g/mol. The number of hydrogen-bond donors (Lipinski definition) is 1. The van der Waals surface area contributed by atoms with Gasteiger partial charge in [0.1, 0.15) is 0 Å². The Kier molecular flexibility index (Phi) is 4.22. The summed E-state index contributed by atoms with van der Waals surface area (Å²) in [6, 6.07) is 0.436. The van der Waals surface area contributed by atoms with Crippen molar-refractivity contribution in [2.24, 2.45) is 0 Å². The molecule has 1 amide bonds. The maximum atomic E-state index is 11.5. The van der Waals surface area contributed by atoms with Crippen LogP contribution in [0.15, 0.2) is 0 Å². The average Bonchev–Trinajstić information content (AvgIpc) is 2.20. The van der Waals surface area contributed by atoms with Gasteiger partial charge in [0.25, 0.3) is 0 Å². The lowest BCUT2D eigenvalue weighted by Gasteiger charge is -2.33. The molecule has 76 valence electrons. The molecule has 1 saturated heterocycles. The third kappa shape index (κ3) is 2.69. The minimum atomic E-state index is 0.288. The molecule has 1 N–H and O–H groups in total. The number of piperidine rings is 1. The molecule has 13 heavy (non-hydrogen) atoms. The summed E-state index contributed by atoms with van der Waals surface area (Å²) in [7, 11) is 0. The number of rotatable bonds is 3. The minimum Gasteiger partial charge on any atom is -0.339 e. The topological polar surface area (TPSA) is 32.3 Å². The average molecular weight is 184 g/mol. The highest BCUT2D eigenvalue weighted by molar-refractivity contribution is 5.76. The Balaban J connectivity index is 2.48. The highest BCUT2D eigenvalue weighted by atomic mass is 16.2. The van der Waals surface area contributed by atoms with E-state index in [9.17, 15) is 4.79 Å². The number of nitrogens with zero attached hydrogens (tertiary/aromatic N) is 1. The van der Waals surface area contributed by atoms with E-state index in [1.807, 2.05) is 11.8 Å². The first kappa shape index (κ1) is 10.5. The summed E-state index contributed by atoms with van der Waals surface area (Å²) >= 11 is 0. The van der Waals surface area contributed by atoms with Crippen LogP contribution >= 0.6 is 0 Å². The molecule has 0 aromatic rings. The van der Waals surface area contributed by atoms with Crippen molar-refractivity contribution >= 4 is 5.91 Å². The maximum absolute atomic E-state index is 11.5.